The first-order chi connectivity index (χ1) is 9.43. The van der Waals surface area contributed by atoms with E-state index in [4.69, 9.17) is 10.5 Å². The summed E-state index contributed by atoms with van der Waals surface area (Å²) in [5.74, 6) is 0.0217. The van der Waals surface area contributed by atoms with Gasteiger partial charge in [-0.3, -0.25) is 9.59 Å². The minimum absolute atomic E-state index is 0.0245. The van der Waals surface area contributed by atoms with E-state index in [-0.39, 0.29) is 24.3 Å². The van der Waals surface area contributed by atoms with Crippen molar-refractivity contribution >= 4 is 17.5 Å². The zero-order valence-corrected chi connectivity index (χ0v) is 12.0. The Balaban J connectivity index is 2.46. The number of anilines is 1. The van der Waals surface area contributed by atoms with E-state index in [1.807, 2.05) is 13.8 Å². The first-order valence-electron chi connectivity index (χ1n) is 6.41. The first-order valence-corrected chi connectivity index (χ1v) is 6.41. The topological polar surface area (TPSA) is 93.5 Å². The lowest BCUT2D eigenvalue weighted by molar-refractivity contribution is -0.125. The number of amides is 2. The van der Waals surface area contributed by atoms with Crippen molar-refractivity contribution < 1.29 is 14.3 Å². The molecule has 0 bridgehead atoms. The average Bonchev–Trinajstić information content (AvgIpc) is 2.43. The summed E-state index contributed by atoms with van der Waals surface area (Å²) in [6.45, 7) is 3.58. The summed E-state index contributed by atoms with van der Waals surface area (Å²) in [7, 11) is 1.55. The van der Waals surface area contributed by atoms with Crippen LogP contribution >= 0.6 is 0 Å². The molecule has 0 radical (unpaired) electrons. The molecule has 110 valence electrons. The summed E-state index contributed by atoms with van der Waals surface area (Å²) in [6.07, 6.45) is 0. The lowest BCUT2D eigenvalue weighted by atomic mass is 10.1. The number of carbonyl (C=O) groups is 2. The maximum absolute atomic E-state index is 11.7. The van der Waals surface area contributed by atoms with Crippen LogP contribution in [0.4, 0.5) is 5.69 Å². The Hall–Kier alpha value is -2.08. The van der Waals surface area contributed by atoms with Gasteiger partial charge in [0.05, 0.1) is 19.7 Å². The van der Waals surface area contributed by atoms with Crippen LogP contribution in [0.2, 0.25) is 0 Å². The van der Waals surface area contributed by atoms with E-state index in [1.165, 1.54) is 0 Å². The van der Waals surface area contributed by atoms with Crippen LogP contribution in [-0.2, 0) is 9.59 Å². The fraction of sp³-hybridized carbons (Fsp3) is 0.429. The van der Waals surface area contributed by atoms with Gasteiger partial charge in [-0.25, -0.2) is 0 Å². The average molecular weight is 279 g/mol. The Bertz CT molecular complexity index is 474. The van der Waals surface area contributed by atoms with Gasteiger partial charge < -0.3 is 21.1 Å². The second-order valence-corrected chi connectivity index (χ2v) is 4.77. The fourth-order valence-electron chi connectivity index (χ4n) is 1.49. The van der Waals surface area contributed by atoms with Crippen molar-refractivity contribution in [2.75, 3.05) is 19.0 Å². The molecule has 0 aromatic heterocycles. The number of ether oxygens (including phenoxy) is 1. The number of hydrogen-bond acceptors (Lipinski definition) is 4. The van der Waals surface area contributed by atoms with E-state index in [0.717, 1.165) is 0 Å². The second-order valence-electron chi connectivity index (χ2n) is 4.77. The van der Waals surface area contributed by atoms with Gasteiger partial charge in [-0.15, -0.1) is 0 Å². The van der Waals surface area contributed by atoms with Crippen molar-refractivity contribution in [3.05, 3.63) is 24.3 Å². The molecule has 0 heterocycles. The van der Waals surface area contributed by atoms with Crippen LogP contribution in [0.25, 0.3) is 0 Å². The molecule has 0 spiro atoms. The Labute approximate surface area is 118 Å². The van der Waals surface area contributed by atoms with E-state index < -0.39 is 6.04 Å². The van der Waals surface area contributed by atoms with Crippen LogP contribution in [0.15, 0.2) is 24.3 Å². The lowest BCUT2D eigenvalue weighted by Crippen LogP contribution is -2.46. The number of benzene rings is 1. The minimum atomic E-state index is -0.611. The molecule has 1 rings (SSSR count). The highest BCUT2D eigenvalue weighted by Gasteiger charge is 2.17. The lowest BCUT2D eigenvalue weighted by Gasteiger charge is -2.15. The number of hydrogen-bond donors (Lipinski definition) is 3. The van der Waals surface area contributed by atoms with E-state index in [0.29, 0.717) is 11.4 Å². The number of nitrogens with one attached hydrogen (secondary N) is 2. The van der Waals surface area contributed by atoms with Gasteiger partial charge >= 0.3 is 0 Å². The smallest absolute Gasteiger partial charge is 0.243 e. The van der Waals surface area contributed by atoms with Gasteiger partial charge in [-0.05, 0) is 18.1 Å². The Morgan fingerprint density at radius 3 is 2.65 bits per heavy atom. The number of nitrogens with two attached hydrogens (primary N) is 1. The molecule has 1 atom stereocenters. The first kappa shape index (κ1) is 16.0. The number of methoxy groups -OCH3 is 1. The molecule has 1 aromatic carbocycles. The quantitative estimate of drug-likeness (QED) is 0.715. The molecular formula is C14H21N3O3. The monoisotopic (exact) mass is 279 g/mol. The van der Waals surface area contributed by atoms with Crippen molar-refractivity contribution in [3.63, 3.8) is 0 Å². The van der Waals surface area contributed by atoms with Gasteiger partial charge in [0.15, 0.2) is 0 Å². The highest BCUT2D eigenvalue weighted by molar-refractivity contribution is 5.95. The predicted octanol–water partition coefficient (Wildman–Crippen LogP) is 0.733. The van der Waals surface area contributed by atoms with Crippen molar-refractivity contribution in [1.82, 2.24) is 5.32 Å². The van der Waals surface area contributed by atoms with Crippen LogP contribution in [0.3, 0.4) is 0 Å². The van der Waals surface area contributed by atoms with E-state index >= 15 is 0 Å². The zero-order valence-electron chi connectivity index (χ0n) is 12.0. The number of rotatable bonds is 6. The zero-order chi connectivity index (χ0) is 15.1. The molecular weight excluding hydrogens is 258 g/mol. The van der Waals surface area contributed by atoms with Crippen LogP contribution in [0.1, 0.15) is 13.8 Å². The summed E-state index contributed by atoms with van der Waals surface area (Å²) >= 11 is 0. The Kier molecular flexibility index (Phi) is 5.99. The van der Waals surface area contributed by atoms with Crippen molar-refractivity contribution in [2.24, 2.45) is 11.7 Å². The summed E-state index contributed by atoms with van der Waals surface area (Å²) in [5, 5.41) is 5.17. The van der Waals surface area contributed by atoms with Gasteiger partial charge in [0.25, 0.3) is 0 Å². The minimum Gasteiger partial charge on any atom is -0.497 e. The second kappa shape index (κ2) is 7.49. The van der Waals surface area contributed by atoms with Gasteiger partial charge in [0, 0.05) is 11.8 Å². The molecule has 6 nitrogen and oxygen atoms in total. The Morgan fingerprint density at radius 1 is 1.35 bits per heavy atom. The molecule has 1 aromatic rings. The number of carbonyl (C=O) groups excluding carboxylic acids is 2. The molecule has 0 aliphatic heterocycles. The molecule has 0 aliphatic carbocycles. The predicted molar refractivity (Wildman–Crippen MR) is 77.4 cm³/mol. The largest absolute Gasteiger partial charge is 0.497 e. The molecule has 0 saturated heterocycles. The van der Waals surface area contributed by atoms with Crippen molar-refractivity contribution in [3.8, 4) is 5.75 Å². The van der Waals surface area contributed by atoms with E-state index in [9.17, 15) is 9.59 Å². The summed E-state index contributed by atoms with van der Waals surface area (Å²) in [6, 6.07) is 6.36. The molecule has 0 fully saturated rings. The van der Waals surface area contributed by atoms with E-state index in [2.05, 4.69) is 10.6 Å². The molecule has 0 saturated carbocycles. The molecule has 4 N–H and O–H groups in total. The maximum Gasteiger partial charge on any atom is 0.243 e. The maximum atomic E-state index is 11.7. The highest BCUT2D eigenvalue weighted by Crippen LogP contribution is 2.16. The normalized spacial score (nSPS) is 11.8. The third-order valence-corrected chi connectivity index (χ3v) is 2.80. The summed E-state index contributed by atoms with van der Waals surface area (Å²) in [5.41, 5.74) is 6.28. The summed E-state index contributed by atoms with van der Waals surface area (Å²) < 4.78 is 5.05. The highest BCUT2D eigenvalue weighted by atomic mass is 16.5. The van der Waals surface area contributed by atoms with Crippen LogP contribution < -0.4 is 21.1 Å². The summed E-state index contributed by atoms with van der Waals surface area (Å²) in [4.78, 5) is 23.3. The standard InChI is InChI=1S/C14H21N3O3/c1-9(2)13(15)14(19)16-8-12(18)17-10-5-4-6-11(7-10)20-3/h4-7,9,13H,8,15H2,1-3H3,(H,16,19)(H,17,18)/t13-/m0/s1. The fourth-order valence-corrected chi connectivity index (χ4v) is 1.49. The molecule has 0 unspecified atom stereocenters. The SMILES string of the molecule is COc1cccc(NC(=O)CNC(=O)[C@@H](N)C(C)C)c1. The Morgan fingerprint density at radius 2 is 2.05 bits per heavy atom. The van der Waals surface area contributed by atoms with Gasteiger partial charge in [0.2, 0.25) is 11.8 Å². The van der Waals surface area contributed by atoms with Gasteiger partial charge in [-0.1, -0.05) is 19.9 Å². The van der Waals surface area contributed by atoms with Crippen molar-refractivity contribution in [2.45, 2.75) is 19.9 Å². The van der Waals surface area contributed by atoms with Gasteiger partial charge in [-0.2, -0.15) is 0 Å². The third kappa shape index (κ3) is 4.89. The van der Waals surface area contributed by atoms with Crippen LogP contribution in [0, 0.1) is 5.92 Å². The molecule has 2 amide bonds. The van der Waals surface area contributed by atoms with Crippen LogP contribution in [0.5, 0.6) is 5.75 Å². The molecule has 6 heteroatoms. The molecule has 0 aliphatic rings. The van der Waals surface area contributed by atoms with Gasteiger partial charge in [0.1, 0.15) is 5.75 Å². The third-order valence-electron chi connectivity index (χ3n) is 2.80. The molecule has 20 heavy (non-hydrogen) atoms. The van der Waals surface area contributed by atoms with E-state index in [1.54, 1.807) is 31.4 Å². The van der Waals surface area contributed by atoms with Crippen LogP contribution in [-0.4, -0.2) is 31.5 Å². The van der Waals surface area contributed by atoms with Crippen molar-refractivity contribution in [1.29, 1.82) is 0 Å².